The first-order chi connectivity index (χ1) is 13.4. The third kappa shape index (κ3) is 4.82. The Bertz CT molecular complexity index is 951. The van der Waals surface area contributed by atoms with Crippen LogP contribution >= 0.6 is 0 Å². The van der Waals surface area contributed by atoms with Gasteiger partial charge in [0, 0.05) is 6.07 Å². The molecule has 0 aliphatic rings. The van der Waals surface area contributed by atoms with E-state index in [0.717, 1.165) is 6.07 Å². The van der Waals surface area contributed by atoms with Gasteiger partial charge in [0.25, 0.3) is 5.91 Å². The summed E-state index contributed by atoms with van der Waals surface area (Å²) in [6.45, 7) is 3.26. The van der Waals surface area contributed by atoms with Gasteiger partial charge >= 0.3 is 11.7 Å². The van der Waals surface area contributed by atoms with Crippen LogP contribution in [0.25, 0.3) is 0 Å². The molecule has 0 spiro atoms. The maximum atomic E-state index is 12.3. The smallest absolute Gasteiger partial charge is 0.339 e. The van der Waals surface area contributed by atoms with Crippen LogP contribution in [0.3, 0.4) is 0 Å². The van der Waals surface area contributed by atoms with Crippen molar-refractivity contribution < 1.29 is 24.0 Å². The first-order valence-corrected chi connectivity index (χ1v) is 8.29. The number of nitrogens with one attached hydrogen (secondary N) is 1. The molecular formula is C19H17N3O6. The van der Waals surface area contributed by atoms with Crippen molar-refractivity contribution in [3.05, 3.63) is 63.7 Å². The fraction of sp³-hybridized carbons (Fsp3) is 0.211. The number of anilines is 1. The molecule has 2 rings (SSSR count). The summed E-state index contributed by atoms with van der Waals surface area (Å²) in [4.78, 5) is 35.0. The van der Waals surface area contributed by atoms with Crippen LogP contribution in [0.4, 0.5) is 11.4 Å². The van der Waals surface area contributed by atoms with E-state index in [1.54, 1.807) is 25.1 Å². The van der Waals surface area contributed by atoms with Gasteiger partial charge in [-0.1, -0.05) is 12.1 Å². The van der Waals surface area contributed by atoms with Gasteiger partial charge in [0.1, 0.15) is 6.07 Å². The Morgan fingerprint density at radius 1 is 1.29 bits per heavy atom. The summed E-state index contributed by atoms with van der Waals surface area (Å²) in [6.07, 6.45) is -1.19. The molecule has 0 unspecified atom stereocenters. The molecule has 9 nitrogen and oxygen atoms in total. The van der Waals surface area contributed by atoms with E-state index >= 15 is 0 Å². The Morgan fingerprint density at radius 2 is 2.00 bits per heavy atom. The Labute approximate surface area is 160 Å². The molecule has 0 fully saturated rings. The normalized spacial score (nSPS) is 11.0. The fourth-order valence-electron chi connectivity index (χ4n) is 2.27. The molecule has 1 N–H and O–H groups in total. The van der Waals surface area contributed by atoms with Crippen LogP contribution in [0, 0.1) is 21.4 Å². The van der Waals surface area contributed by atoms with Gasteiger partial charge in [0.2, 0.25) is 0 Å². The van der Waals surface area contributed by atoms with E-state index in [0.29, 0.717) is 0 Å². The average Bonchev–Trinajstić information content (AvgIpc) is 2.68. The van der Waals surface area contributed by atoms with Gasteiger partial charge in [-0.15, -0.1) is 0 Å². The second-order valence-electron chi connectivity index (χ2n) is 5.57. The number of nitrogens with zero attached hydrogens (tertiary/aromatic N) is 2. The van der Waals surface area contributed by atoms with Crippen LogP contribution in [-0.4, -0.2) is 29.5 Å². The van der Waals surface area contributed by atoms with E-state index in [9.17, 15) is 19.7 Å². The highest BCUT2D eigenvalue weighted by Gasteiger charge is 2.23. The maximum Gasteiger partial charge on any atom is 0.339 e. The number of hydrogen-bond donors (Lipinski definition) is 1. The molecule has 144 valence electrons. The van der Waals surface area contributed by atoms with E-state index in [2.05, 4.69) is 5.32 Å². The predicted molar refractivity (Wildman–Crippen MR) is 98.9 cm³/mol. The topological polar surface area (TPSA) is 132 Å². The predicted octanol–water partition coefficient (Wildman–Crippen LogP) is 3.05. The summed E-state index contributed by atoms with van der Waals surface area (Å²) in [7, 11) is 0. The minimum absolute atomic E-state index is 0.0305. The summed E-state index contributed by atoms with van der Waals surface area (Å²) in [5.41, 5.74) is 0.0784. The molecule has 2 aromatic rings. The number of ether oxygens (including phenoxy) is 2. The first kappa shape index (κ1) is 20.4. The Morgan fingerprint density at radius 3 is 2.64 bits per heavy atom. The molecule has 0 saturated heterocycles. The first-order valence-electron chi connectivity index (χ1n) is 8.29. The quantitative estimate of drug-likeness (QED) is 0.441. The zero-order valence-electron chi connectivity index (χ0n) is 15.2. The highest BCUT2D eigenvalue weighted by atomic mass is 16.6. The fourth-order valence-corrected chi connectivity index (χ4v) is 2.27. The number of nitriles is 1. The number of para-hydroxylation sites is 1. The monoisotopic (exact) mass is 383 g/mol. The maximum absolute atomic E-state index is 12.3. The van der Waals surface area contributed by atoms with Gasteiger partial charge in [0.05, 0.1) is 28.3 Å². The SMILES string of the molecule is CCOc1ccc(C(=O)O[C@H](C)C(=O)Nc2ccccc2C#N)cc1[N+](=O)[O-]. The van der Waals surface area contributed by atoms with Gasteiger partial charge in [-0.2, -0.15) is 5.26 Å². The zero-order chi connectivity index (χ0) is 20.7. The van der Waals surface area contributed by atoms with Crippen molar-refractivity contribution in [3.63, 3.8) is 0 Å². The summed E-state index contributed by atoms with van der Waals surface area (Å²) in [6, 6.07) is 12.0. The third-order valence-corrected chi connectivity index (χ3v) is 3.65. The van der Waals surface area contributed by atoms with E-state index < -0.39 is 22.9 Å². The van der Waals surface area contributed by atoms with Crippen LogP contribution in [0.1, 0.15) is 29.8 Å². The molecule has 0 radical (unpaired) electrons. The van der Waals surface area contributed by atoms with Gasteiger partial charge in [-0.3, -0.25) is 14.9 Å². The van der Waals surface area contributed by atoms with E-state index in [1.807, 2.05) is 6.07 Å². The van der Waals surface area contributed by atoms with Crippen LogP contribution < -0.4 is 10.1 Å². The highest BCUT2D eigenvalue weighted by Crippen LogP contribution is 2.28. The van der Waals surface area contributed by atoms with E-state index in [1.165, 1.54) is 25.1 Å². The molecule has 0 aliphatic carbocycles. The number of esters is 1. The number of rotatable bonds is 7. The second-order valence-corrected chi connectivity index (χ2v) is 5.57. The van der Waals surface area contributed by atoms with Crippen molar-refractivity contribution in [2.24, 2.45) is 0 Å². The largest absolute Gasteiger partial charge is 0.487 e. The highest BCUT2D eigenvalue weighted by molar-refractivity contribution is 5.98. The molecule has 0 bridgehead atoms. The summed E-state index contributed by atoms with van der Waals surface area (Å²) in [5, 5.41) is 22.7. The van der Waals surface area contributed by atoms with Crippen molar-refractivity contribution in [1.29, 1.82) is 5.26 Å². The van der Waals surface area contributed by atoms with Crippen molar-refractivity contribution >= 4 is 23.3 Å². The summed E-state index contributed by atoms with van der Waals surface area (Å²) < 4.78 is 10.2. The Hall–Kier alpha value is -3.93. The number of nitro benzene ring substituents is 1. The average molecular weight is 383 g/mol. The molecule has 0 saturated carbocycles. The molecule has 0 heterocycles. The van der Waals surface area contributed by atoms with Crippen LogP contribution in [0.2, 0.25) is 0 Å². The van der Waals surface area contributed by atoms with Crippen LogP contribution in [0.5, 0.6) is 5.75 Å². The van der Waals surface area contributed by atoms with E-state index in [4.69, 9.17) is 14.7 Å². The number of benzene rings is 2. The lowest BCUT2D eigenvalue weighted by Gasteiger charge is -2.14. The second kappa shape index (κ2) is 9.14. The molecule has 2 aromatic carbocycles. The number of amides is 1. The van der Waals surface area contributed by atoms with Gasteiger partial charge in [-0.05, 0) is 38.1 Å². The lowest BCUT2D eigenvalue weighted by atomic mass is 10.2. The minimum Gasteiger partial charge on any atom is -0.487 e. The Kier molecular flexibility index (Phi) is 6.65. The molecule has 28 heavy (non-hydrogen) atoms. The lowest BCUT2D eigenvalue weighted by Crippen LogP contribution is -2.30. The van der Waals surface area contributed by atoms with Crippen molar-refractivity contribution in [2.45, 2.75) is 20.0 Å². The van der Waals surface area contributed by atoms with Crippen LogP contribution in [-0.2, 0) is 9.53 Å². The van der Waals surface area contributed by atoms with Crippen molar-refractivity contribution in [3.8, 4) is 11.8 Å². The third-order valence-electron chi connectivity index (χ3n) is 3.65. The zero-order valence-corrected chi connectivity index (χ0v) is 15.2. The standard InChI is InChI=1S/C19H17N3O6/c1-3-27-17-9-8-13(10-16(17)22(25)26)19(24)28-12(2)18(23)21-15-7-5-4-6-14(15)11-20/h4-10,12H,3H2,1-2H3,(H,21,23)/t12-/m1/s1. The molecule has 0 aromatic heterocycles. The van der Waals surface area contributed by atoms with Gasteiger partial charge in [-0.25, -0.2) is 4.79 Å². The molecule has 9 heteroatoms. The minimum atomic E-state index is -1.19. The van der Waals surface area contributed by atoms with Crippen LogP contribution in [0.15, 0.2) is 42.5 Å². The molecule has 1 amide bonds. The molecular weight excluding hydrogens is 366 g/mol. The molecule has 0 aliphatic heterocycles. The van der Waals surface area contributed by atoms with Crippen molar-refractivity contribution in [1.82, 2.24) is 0 Å². The van der Waals surface area contributed by atoms with E-state index in [-0.39, 0.29) is 34.9 Å². The summed E-state index contributed by atoms with van der Waals surface area (Å²) >= 11 is 0. The number of carbonyl (C=O) groups is 2. The van der Waals surface area contributed by atoms with Crippen molar-refractivity contribution in [2.75, 3.05) is 11.9 Å². The summed E-state index contributed by atoms with van der Waals surface area (Å²) in [5.74, 6) is -1.51. The van der Waals surface area contributed by atoms with Gasteiger partial charge < -0.3 is 14.8 Å². The number of hydrogen-bond acceptors (Lipinski definition) is 7. The number of carbonyl (C=O) groups excluding carboxylic acids is 2. The Balaban J connectivity index is 2.11. The lowest BCUT2D eigenvalue weighted by molar-refractivity contribution is -0.385. The van der Waals surface area contributed by atoms with Gasteiger partial charge in [0.15, 0.2) is 11.9 Å². The number of nitro groups is 1. The molecule has 1 atom stereocenters.